The highest BCUT2D eigenvalue weighted by Crippen LogP contribution is 2.47. The van der Waals surface area contributed by atoms with E-state index in [2.05, 4.69) is 59.0 Å². The molecule has 33 heavy (non-hydrogen) atoms. The van der Waals surface area contributed by atoms with Crippen LogP contribution < -0.4 is 5.32 Å². The van der Waals surface area contributed by atoms with Gasteiger partial charge in [0.1, 0.15) is 5.82 Å². The molecule has 0 fully saturated rings. The van der Waals surface area contributed by atoms with Crippen molar-refractivity contribution in [1.29, 1.82) is 0 Å². The minimum absolute atomic E-state index is 0.176. The molecule has 1 atom stereocenters. The molecule has 4 rings (SSSR count). The number of aryl methyl sites for hydroxylation is 1. The number of hydrogen-bond donors (Lipinski definition) is 1. The first-order chi connectivity index (χ1) is 15.5. The monoisotopic (exact) mass is 443 g/mol. The number of anilines is 1. The topological polar surface area (TPSA) is 29.1 Å². The molecule has 172 valence electrons. The normalized spacial score (nSPS) is 17.2. The molecule has 0 spiro atoms. The largest absolute Gasteiger partial charge is 0.322 e. The summed E-state index contributed by atoms with van der Waals surface area (Å²) in [6.45, 7) is 13.9. The number of hydrogen-bond acceptors (Lipinski definition) is 1. The number of carbonyl (C=O) groups excluding carboxylic acids is 1. The molecule has 3 aromatic rings. The van der Waals surface area contributed by atoms with Gasteiger partial charge >= 0.3 is 0 Å². The van der Waals surface area contributed by atoms with E-state index >= 15 is 0 Å². The highest BCUT2D eigenvalue weighted by atomic mass is 19.1. The van der Waals surface area contributed by atoms with Crippen molar-refractivity contribution in [2.24, 2.45) is 0 Å². The lowest BCUT2D eigenvalue weighted by atomic mass is 9.62. The first-order valence-electron chi connectivity index (χ1n) is 11.8. The SMILES string of the molecule is Cc1cc2c(cc1C(C)c1ccc(C(=O)Nc3ccc(F)cc3)cc1)C(C)(C)CCC2(C)C. The van der Waals surface area contributed by atoms with Gasteiger partial charge in [0.2, 0.25) is 0 Å². The summed E-state index contributed by atoms with van der Waals surface area (Å²) in [5.41, 5.74) is 8.36. The van der Waals surface area contributed by atoms with Crippen LogP contribution in [-0.2, 0) is 10.8 Å². The third-order valence-electron chi connectivity index (χ3n) is 7.48. The van der Waals surface area contributed by atoms with Gasteiger partial charge in [-0.3, -0.25) is 4.79 Å². The maximum atomic E-state index is 13.1. The minimum Gasteiger partial charge on any atom is -0.322 e. The van der Waals surface area contributed by atoms with Gasteiger partial charge in [0.25, 0.3) is 5.91 Å². The van der Waals surface area contributed by atoms with E-state index in [0.717, 1.165) is 0 Å². The van der Waals surface area contributed by atoms with Gasteiger partial charge in [0.15, 0.2) is 0 Å². The first-order valence-corrected chi connectivity index (χ1v) is 11.8. The molecule has 0 saturated carbocycles. The van der Waals surface area contributed by atoms with E-state index in [1.54, 1.807) is 12.1 Å². The van der Waals surface area contributed by atoms with E-state index < -0.39 is 0 Å². The average molecular weight is 444 g/mol. The van der Waals surface area contributed by atoms with E-state index in [9.17, 15) is 9.18 Å². The van der Waals surface area contributed by atoms with E-state index in [-0.39, 0.29) is 28.5 Å². The quantitative estimate of drug-likeness (QED) is 0.436. The fourth-order valence-electron chi connectivity index (χ4n) is 5.04. The van der Waals surface area contributed by atoms with Gasteiger partial charge in [-0.05, 0) is 94.8 Å². The molecule has 1 N–H and O–H groups in total. The van der Waals surface area contributed by atoms with Crippen LogP contribution in [0.3, 0.4) is 0 Å². The van der Waals surface area contributed by atoms with Crippen LogP contribution in [0.2, 0.25) is 0 Å². The number of benzene rings is 3. The van der Waals surface area contributed by atoms with Crippen LogP contribution in [0.4, 0.5) is 10.1 Å². The lowest BCUT2D eigenvalue weighted by molar-refractivity contribution is 0.102. The zero-order valence-corrected chi connectivity index (χ0v) is 20.6. The minimum atomic E-state index is -0.323. The predicted molar refractivity (Wildman–Crippen MR) is 135 cm³/mol. The maximum Gasteiger partial charge on any atom is 0.255 e. The second kappa shape index (κ2) is 8.44. The fraction of sp³-hybridized carbons (Fsp3) is 0.367. The van der Waals surface area contributed by atoms with Gasteiger partial charge in [-0.1, -0.05) is 58.9 Å². The van der Waals surface area contributed by atoms with Gasteiger partial charge in [-0.2, -0.15) is 0 Å². The summed E-state index contributed by atoms with van der Waals surface area (Å²) in [6.07, 6.45) is 2.41. The van der Waals surface area contributed by atoms with Crippen LogP contribution in [0.1, 0.15) is 91.6 Å². The standard InChI is InChI=1S/C30H34FNO/c1-19-17-26-27(30(5,6)16-15-29(26,3)4)18-25(19)20(2)21-7-9-22(10-8-21)28(33)32-24-13-11-23(31)12-14-24/h7-14,17-18,20H,15-16H2,1-6H3,(H,32,33). The molecule has 0 aromatic heterocycles. The fourth-order valence-corrected chi connectivity index (χ4v) is 5.04. The smallest absolute Gasteiger partial charge is 0.255 e. The van der Waals surface area contributed by atoms with Crippen molar-refractivity contribution < 1.29 is 9.18 Å². The summed E-state index contributed by atoms with van der Waals surface area (Å²) in [5.74, 6) is -0.295. The number of halogens is 1. The summed E-state index contributed by atoms with van der Waals surface area (Å²) in [5, 5.41) is 2.82. The molecule has 0 saturated heterocycles. The Hall–Kier alpha value is -2.94. The van der Waals surface area contributed by atoms with Crippen LogP contribution in [0.25, 0.3) is 0 Å². The van der Waals surface area contributed by atoms with Crippen molar-refractivity contribution in [2.75, 3.05) is 5.32 Å². The Labute approximate surface area is 197 Å². The van der Waals surface area contributed by atoms with Crippen molar-refractivity contribution in [2.45, 2.75) is 71.1 Å². The number of carbonyl (C=O) groups is 1. The highest BCUT2D eigenvalue weighted by molar-refractivity contribution is 6.04. The Bertz CT molecular complexity index is 1170. The third-order valence-corrected chi connectivity index (χ3v) is 7.48. The number of fused-ring (bicyclic) bond motifs is 1. The van der Waals surface area contributed by atoms with E-state index in [4.69, 9.17) is 0 Å². The maximum absolute atomic E-state index is 13.1. The molecule has 0 radical (unpaired) electrons. The Kier molecular flexibility index (Phi) is 5.94. The second-order valence-corrected chi connectivity index (χ2v) is 10.8. The zero-order valence-electron chi connectivity index (χ0n) is 20.6. The molecule has 0 aliphatic heterocycles. The first kappa shape index (κ1) is 23.2. The van der Waals surface area contributed by atoms with Gasteiger partial charge in [-0.25, -0.2) is 4.39 Å². The lowest BCUT2D eigenvalue weighted by Gasteiger charge is -2.42. The van der Waals surface area contributed by atoms with Gasteiger partial charge in [0.05, 0.1) is 0 Å². The van der Waals surface area contributed by atoms with Crippen molar-refractivity contribution in [3.05, 3.63) is 99.9 Å². The van der Waals surface area contributed by atoms with Crippen LogP contribution >= 0.6 is 0 Å². The molecule has 3 heteroatoms. The molecule has 2 nitrogen and oxygen atoms in total. The van der Waals surface area contributed by atoms with E-state index in [0.29, 0.717) is 11.3 Å². The van der Waals surface area contributed by atoms with Gasteiger partial charge in [-0.15, -0.1) is 0 Å². The summed E-state index contributed by atoms with van der Waals surface area (Å²) in [7, 11) is 0. The lowest BCUT2D eigenvalue weighted by Crippen LogP contribution is -2.34. The van der Waals surface area contributed by atoms with Crippen molar-refractivity contribution in [3.8, 4) is 0 Å². The van der Waals surface area contributed by atoms with E-state index in [1.807, 2.05) is 24.3 Å². The number of rotatable bonds is 4. The average Bonchev–Trinajstić information content (AvgIpc) is 2.78. The molecule has 1 unspecified atom stereocenters. The predicted octanol–water partition coefficient (Wildman–Crippen LogP) is 7.89. The van der Waals surface area contributed by atoms with Crippen LogP contribution in [0.5, 0.6) is 0 Å². The van der Waals surface area contributed by atoms with Crippen molar-refractivity contribution in [3.63, 3.8) is 0 Å². The highest BCUT2D eigenvalue weighted by Gasteiger charge is 2.37. The molecular formula is C30H34FNO. The zero-order chi connectivity index (χ0) is 24.0. The summed E-state index contributed by atoms with van der Waals surface area (Å²) in [4.78, 5) is 12.6. The van der Waals surface area contributed by atoms with E-state index in [1.165, 1.54) is 52.8 Å². The Morgan fingerprint density at radius 1 is 0.879 bits per heavy atom. The summed E-state index contributed by atoms with van der Waals surface area (Å²) in [6, 6.07) is 18.5. The number of amides is 1. The third kappa shape index (κ3) is 4.59. The van der Waals surface area contributed by atoms with Crippen LogP contribution in [0, 0.1) is 12.7 Å². The van der Waals surface area contributed by atoms with Crippen molar-refractivity contribution >= 4 is 11.6 Å². The molecular weight excluding hydrogens is 409 g/mol. The number of nitrogens with one attached hydrogen (secondary N) is 1. The summed E-state index contributed by atoms with van der Waals surface area (Å²) < 4.78 is 13.1. The van der Waals surface area contributed by atoms with Crippen molar-refractivity contribution in [1.82, 2.24) is 0 Å². The molecule has 1 amide bonds. The Morgan fingerprint density at radius 2 is 1.42 bits per heavy atom. The molecule has 0 bridgehead atoms. The van der Waals surface area contributed by atoms with Crippen LogP contribution in [0.15, 0.2) is 60.7 Å². The molecule has 1 aliphatic carbocycles. The Balaban J connectivity index is 1.59. The Morgan fingerprint density at radius 3 is 2.00 bits per heavy atom. The molecule has 3 aromatic carbocycles. The van der Waals surface area contributed by atoms with Crippen LogP contribution in [-0.4, -0.2) is 5.91 Å². The van der Waals surface area contributed by atoms with Gasteiger partial charge < -0.3 is 5.32 Å². The molecule has 0 heterocycles. The molecule has 1 aliphatic rings. The van der Waals surface area contributed by atoms with Gasteiger partial charge in [0, 0.05) is 17.2 Å². The second-order valence-electron chi connectivity index (χ2n) is 10.8. The summed E-state index contributed by atoms with van der Waals surface area (Å²) >= 11 is 0.